The number of fused-ring (bicyclic) bond motifs is 1. The normalized spacial score (nSPS) is 10.8. The maximum absolute atomic E-state index is 14.1. The molecular formula is C23H17FN4S. The van der Waals surface area contributed by atoms with Crippen LogP contribution in [0.1, 0.15) is 22.4 Å². The summed E-state index contributed by atoms with van der Waals surface area (Å²) in [5, 5.41) is 12.3. The highest BCUT2D eigenvalue weighted by atomic mass is 32.2. The van der Waals surface area contributed by atoms with Gasteiger partial charge in [-0.15, -0.1) is 0 Å². The van der Waals surface area contributed by atoms with Crippen molar-refractivity contribution in [2.75, 3.05) is 5.73 Å². The van der Waals surface area contributed by atoms with Crippen molar-refractivity contribution in [1.29, 1.82) is 5.26 Å². The summed E-state index contributed by atoms with van der Waals surface area (Å²) in [7, 11) is 0. The van der Waals surface area contributed by atoms with Gasteiger partial charge in [-0.1, -0.05) is 72.4 Å². The quantitative estimate of drug-likeness (QED) is 0.372. The van der Waals surface area contributed by atoms with E-state index >= 15 is 0 Å². The molecule has 142 valence electrons. The van der Waals surface area contributed by atoms with Gasteiger partial charge in [0.15, 0.2) is 5.16 Å². The van der Waals surface area contributed by atoms with Gasteiger partial charge in [-0.2, -0.15) is 5.26 Å². The van der Waals surface area contributed by atoms with E-state index in [0.717, 1.165) is 5.56 Å². The molecular weight excluding hydrogens is 383 g/mol. The minimum atomic E-state index is -0.335. The van der Waals surface area contributed by atoms with Crippen molar-refractivity contribution in [3.63, 3.8) is 0 Å². The second-order valence-electron chi connectivity index (χ2n) is 6.52. The molecule has 0 saturated carbocycles. The van der Waals surface area contributed by atoms with Crippen LogP contribution in [-0.2, 0) is 12.2 Å². The monoisotopic (exact) mass is 400 g/mol. The van der Waals surface area contributed by atoms with Crippen LogP contribution in [0, 0.1) is 17.1 Å². The van der Waals surface area contributed by atoms with Gasteiger partial charge < -0.3 is 5.73 Å². The van der Waals surface area contributed by atoms with E-state index in [2.05, 4.69) is 34.2 Å². The Morgan fingerprint density at radius 2 is 1.66 bits per heavy atom. The fourth-order valence-corrected chi connectivity index (χ4v) is 4.07. The van der Waals surface area contributed by atoms with Crippen LogP contribution in [0.3, 0.4) is 0 Å². The third-order valence-corrected chi connectivity index (χ3v) is 5.55. The highest BCUT2D eigenvalue weighted by molar-refractivity contribution is 7.98. The number of hydrogen-bond acceptors (Lipinski definition) is 5. The maximum Gasteiger partial charge on any atom is 0.190 e. The minimum absolute atomic E-state index is 0.120. The van der Waals surface area contributed by atoms with Crippen molar-refractivity contribution in [1.82, 2.24) is 9.97 Å². The summed E-state index contributed by atoms with van der Waals surface area (Å²) >= 11 is 1.45. The smallest absolute Gasteiger partial charge is 0.190 e. The summed E-state index contributed by atoms with van der Waals surface area (Å²) < 4.78 is 14.1. The molecule has 0 spiro atoms. The fourth-order valence-electron chi connectivity index (χ4n) is 3.20. The van der Waals surface area contributed by atoms with E-state index in [4.69, 9.17) is 5.73 Å². The summed E-state index contributed by atoms with van der Waals surface area (Å²) in [5.74, 6) is 0.444. The highest BCUT2D eigenvalue weighted by Gasteiger charge is 2.15. The molecule has 0 radical (unpaired) electrons. The van der Waals surface area contributed by atoms with Crippen molar-refractivity contribution >= 4 is 28.4 Å². The molecule has 29 heavy (non-hydrogen) atoms. The number of thioether (sulfide) groups is 1. The zero-order valence-electron chi connectivity index (χ0n) is 15.5. The molecule has 0 saturated heterocycles. The van der Waals surface area contributed by atoms with Crippen molar-refractivity contribution in [3.8, 4) is 6.07 Å². The maximum atomic E-state index is 14.1. The van der Waals surface area contributed by atoms with E-state index < -0.39 is 0 Å². The number of halogens is 1. The molecule has 4 aromatic rings. The Labute approximate surface area is 172 Å². The number of rotatable bonds is 5. The molecule has 4 nitrogen and oxygen atoms in total. The third-order valence-electron chi connectivity index (χ3n) is 4.66. The van der Waals surface area contributed by atoms with E-state index in [9.17, 15) is 9.65 Å². The van der Waals surface area contributed by atoms with Crippen LogP contribution >= 0.6 is 11.8 Å². The van der Waals surface area contributed by atoms with Crippen molar-refractivity contribution < 1.29 is 4.39 Å². The molecule has 0 aliphatic rings. The predicted octanol–water partition coefficient (Wildman–Crippen LogP) is 5.11. The number of nitrogens with zero attached hydrogens (tertiary/aromatic N) is 3. The lowest BCUT2D eigenvalue weighted by Gasteiger charge is -2.10. The Kier molecular flexibility index (Phi) is 5.41. The molecule has 0 aliphatic carbocycles. The van der Waals surface area contributed by atoms with Crippen molar-refractivity contribution in [3.05, 3.63) is 94.9 Å². The van der Waals surface area contributed by atoms with Gasteiger partial charge in [-0.05, 0) is 28.0 Å². The Hall–Kier alpha value is -3.43. The Bertz CT molecular complexity index is 1230. The average molecular weight is 400 g/mol. The zero-order chi connectivity index (χ0) is 20.2. The molecule has 0 bridgehead atoms. The van der Waals surface area contributed by atoms with Gasteiger partial charge in [0, 0.05) is 12.2 Å². The molecule has 1 heterocycles. The van der Waals surface area contributed by atoms with E-state index in [1.165, 1.54) is 28.6 Å². The zero-order valence-corrected chi connectivity index (χ0v) is 16.3. The SMILES string of the molecule is N#Cc1c(N)nc(SCc2cccc3ccccc23)nc1Cc1ccccc1F. The number of nitrogens with two attached hydrogens (primary N) is 1. The van der Waals surface area contributed by atoms with Gasteiger partial charge in [0.05, 0.1) is 5.69 Å². The van der Waals surface area contributed by atoms with Gasteiger partial charge in [-0.25, -0.2) is 14.4 Å². The van der Waals surface area contributed by atoms with E-state index in [1.54, 1.807) is 18.2 Å². The average Bonchev–Trinajstić information content (AvgIpc) is 2.74. The lowest BCUT2D eigenvalue weighted by molar-refractivity contribution is 0.612. The number of anilines is 1. The van der Waals surface area contributed by atoms with Gasteiger partial charge in [-0.3, -0.25) is 0 Å². The van der Waals surface area contributed by atoms with Crippen LogP contribution in [0.15, 0.2) is 71.9 Å². The summed E-state index contributed by atoms with van der Waals surface area (Å²) in [4.78, 5) is 8.80. The topological polar surface area (TPSA) is 75.6 Å². The number of hydrogen-bond donors (Lipinski definition) is 1. The Balaban J connectivity index is 1.63. The van der Waals surface area contributed by atoms with Crippen LogP contribution in [0.2, 0.25) is 0 Å². The highest BCUT2D eigenvalue weighted by Crippen LogP contribution is 2.28. The molecule has 1 aromatic heterocycles. The molecule has 4 rings (SSSR count). The molecule has 0 unspecified atom stereocenters. The minimum Gasteiger partial charge on any atom is -0.382 e. The van der Waals surface area contributed by atoms with Gasteiger partial charge >= 0.3 is 0 Å². The van der Waals surface area contributed by atoms with Crippen molar-refractivity contribution in [2.24, 2.45) is 0 Å². The number of nitrogen functional groups attached to an aromatic ring is 1. The molecule has 2 N–H and O–H groups in total. The van der Waals surface area contributed by atoms with Gasteiger partial charge in [0.25, 0.3) is 0 Å². The first-order valence-electron chi connectivity index (χ1n) is 9.05. The number of aromatic nitrogens is 2. The largest absolute Gasteiger partial charge is 0.382 e. The molecule has 3 aromatic carbocycles. The standard InChI is InChI=1S/C23H17FN4S/c24-20-11-4-2-7-16(20)12-21-19(13-25)22(26)28-23(27-21)29-14-17-9-5-8-15-6-1-3-10-18(15)17/h1-11H,12,14H2,(H2,26,27,28). The molecule has 0 aliphatic heterocycles. The molecule has 0 atom stereocenters. The third kappa shape index (κ3) is 4.05. The Morgan fingerprint density at radius 3 is 2.48 bits per heavy atom. The van der Waals surface area contributed by atoms with E-state index in [1.807, 2.05) is 24.3 Å². The Morgan fingerprint density at radius 1 is 0.931 bits per heavy atom. The lowest BCUT2D eigenvalue weighted by atomic mass is 10.1. The fraction of sp³-hybridized carbons (Fsp3) is 0.0870. The second kappa shape index (κ2) is 8.29. The summed E-state index contributed by atoms with van der Waals surface area (Å²) in [6, 6.07) is 22.9. The van der Waals surface area contributed by atoms with E-state index in [0.29, 0.717) is 22.2 Å². The second-order valence-corrected chi connectivity index (χ2v) is 7.46. The summed E-state index contributed by atoms with van der Waals surface area (Å²) in [6.07, 6.45) is 0.185. The van der Waals surface area contributed by atoms with Crippen LogP contribution in [0.25, 0.3) is 10.8 Å². The first kappa shape index (κ1) is 18.9. The summed E-state index contributed by atoms with van der Waals surface area (Å²) in [5.41, 5.74) is 8.26. The first-order valence-corrected chi connectivity index (χ1v) is 10.0. The number of nitriles is 1. The summed E-state index contributed by atoms with van der Waals surface area (Å²) in [6.45, 7) is 0. The predicted molar refractivity (Wildman–Crippen MR) is 114 cm³/mol. The van der Waals surface area contributed by atoms with Crippen LogP contribution in [-0.4, -0.2) is 9.97 Å². The van der Waals surface area contributed by atoms with E-state index in [-0.39, 0.29) is 23.6 Å². The van der Waals surface area contributed by atoms with Crippen LogP contribution in [0.4, 0.5) is 10.2 Å². The van der Waals surface area contributed by atoms with Gasteiger partial charge in [0.1, 0.15) is 23.3 Å². The van der Waals surface area contributed by atoms with Crippen LogP contribution in [0.5, 0.6) is 0 Å². The lowest BCUT2D eigenvalue weighted by Crippen LogP contribution is -2.06. The molecule has 6 heteroatoms. The molecule has 0 amide bonds. The van der Waals surface area contributed by atoms with Crippen LogP contribution < -0.4 is 5.73 Å². The molecule has 0 fully saturated rings. The van der Waals surface area contributed by atoms with Crippen molar-refractivity contribution in [2.45, 2.75) is 17.3 Å². The first-order chi connectivity index (χ1) is 14.2. The number of benzene rings is 3. The van der Waals surface area contributed by atoms with Gasteiger partial charge in [0.2, 0.25) is 0 Å².